The third-order valence-corrected chi connectivity index (χ3v) is 5.18. The fourth-order valence-electron chi connectivity index (χ4n) is 3.62. The number of morpholine rings is 1. The second-order valence-corrected chi connectivity index (χ2v) is 7.12. The van der Waals surface area contributed by atoms with Crippen LogP contribution in [0.25, 0.3) is 0 Å². The predicted octanol–water partition coefficient (Wildman–Crippen LogP) is 3.91. The van der Waals surface area contributed by atoms with Crippen molar-refractivity contribution in [2.75, 3.05) is 39.9 Å². The number of hydrogen-bond acceptors (Lipinski definition) is 4. The molecule has 1 aliphatic rings. The normalized spacial score (nSPS) is 16.7. The third-order valence-electron chi connectivity index (χ3n) is 5.18. The molecule has 0 aliphatic carbocycles. The quantitative estimate of drug-likeness (QED) is 0.340. The van der Waals surface area contributed by atoms with Crippen LogP contribution in [0, 0.1) is 6.92 Å². The van der Waals surface area contributed by atoms with Gasteiger partial charge in [0.15, 0.2) is 17.5 Å². The number of para-hydroxylation sites is 1. The molecule has 1 aliphatic heterocycles. The molecule has 0 radical (unpaired) electrons. The molecule has 0 spiro atoms. The highest BCUT2D eigenvalue weighted by atomic mass is 127. The molecule has 0 saturated carbocycles. The molecule has 30 heavy (non-hydrogen) atoms. The molecule has 7 heteroatoms. The standard InChI is InChI=1S/C23H31N3O3.HI/c1-4-24-23(25-13-12-18-9-7-11-20(28-3)22(18)27)26-14-15-29-21(16-26)19-10-6-5-8-17(19)2;/h5-11,21,27H,4,12-16H2,1-3H3,(H,24,25);1H. The second kappa shape index (κ2) is 12.0. The van der Waals surface area contributed by atoms with Gasteiger partial charge in [-0.3, -0.25) is 4.99 Å². The Bertz CT molecular complexity index is 844. The van der Waals surface area contributed by atoms with Gasteiger partial charge < -0.3 is 24.8 Å². The van der Waals surface area contributed by atoms with E-state index in [1.807, 2.05) is 12.1 Å². The number of aryl methyl sites for hydroxylation is 1. The zero-order chi connectivity index (χ0) is 20.6. The summed E-state index contributed by atoms with van der Waals surface area (Å²) in [5.41, 5.74) is 3.31. The van der Waals surface area contributed by atoms with Crippen molar-refractivity contribution in [2.24, 2.45) is 4.99 Å². The smallest absolute Gasteiger partial charge is 0.194 e. The van der Waals surface area contributed by atoms with Crippen LogP contribution in [0.2, 0.25) is 0 Å². The lowest BCUT2D eigenvalue weighted by Crippen LogP contribution is -2.48. The first-order valence-corrected chi connectivity index (χ1v) is 10.2. The lowest BCUT2D eigenvalue weighted by atomic mass is 10.0. The van der Waals surface area contributed by atoms with Crippen LogP contribution in [0.5, 0.6) is 11.5 Å². The summed E-state index contributed by atoms with van der Waals surface area (Å²) in [6.45, 7) is 7.81. The Morgan fingerprint density at radius 1 is 1.27 bits per heavy atom. The van der Waals surface area contributed by atoms with E-state index in [2.05, 4.69) is 48.3 Å². The van der Waals surface area contributed by atoms with E-state index < -0.39 is 0 Å². The van der Waals surface area contributed by atoms with Gasteiger partial charge in [0.25, 0.3) is 0 Å². The van der Waals surface area contributed by atoms with Gasteiger partial charge in [-0.2, -0.15) is 0 Å². The number of ether oxygens (including phenoxy) is 2. The monoisotopic (exact) mass is 525 g/mol. The topological polar surface area (TPSA) is 66.3 Å². The van der Waals surface area contributed by atoms with E-state index in [9.17, 15) is 5.11 Å². The van der Waals surface area contributed by atoms with Gasteiger partial charge in [0, 0.05) is 19.6 Å². The summed E-state index contributed by atoms with van der Waals surface area (Å²) in [6, 6.07) is 13.9. The number of phenolic OH excluding ortho intramolecular Hbond substituents is 1. The molecule has 2 aromatic rings. The summed E-state index contributed by atoms with van der Waals surface area (Å²) in [6.07, 6.45) is 0.681. The molecule has 2 N–H and O–H groups in total. The van der Waals surface area contributed by atoms with Crippen molar-refractivity contribution in [1.29, 1.82) is 0 Å². The third kappa shape index (κ3) is 6.01. The van der Waals surface area contributed by atoms with Crippen LogP contribution in [-0.4, -0.2) is 55.9 Å². The second-order valence-electron chi connectivity index (χ2n) is 7.12. The average Bonchev–Trinajstić information content (AvgIpc) is 2.75. The number of methoxy groups -OCH3 is 1. The number of hydrogen-bond donors (Lipinski definition) is 2. The Kier molecular flexibility index (Phi) is 9.71. The molecule has 0 amide bonds. The summed E-state index contributed by atoms with van der Waals surface area (Å²) in [4.78, 5) is 7.06. The number of benzene rings is 2. The number of aromatic hydroxyl groups is 1. The minimum Gasteiger partial charge on any atom is -0.504 e. The number of guanidine groups is 1. The van der Waals surface area contributed by atoms with Crippen LogP contribution in [0.3, 0.4) is 0 Å². The van der Waals surface area contributed by atoms with Crippen LogP contribution in [-0.2, 0) is 11.2 Å². The summed E-state index contributed by atoms with van der Waals surface area (Å²) >= 11 is 0. The van der Waals surface area contributed by atoms with Crippen molar-refractivity contribution >= 4 is 29.9 Å². The van der Waals surface area contributed by atoms with E-state index in [0.717, 1.165) is 31.2 Å². The zero-order valence-electron chi connectivity index (χ0n) is 17.9. The minimum absolute atomic E-state index is 0. The van der Waals surface area contributed by atoms with Gasteiger partial charge in [-0.15, -0.1) is 24.0 Å². The number of nitrogens with zero attached hydrogens (tertiary/aromatic N) is 2. The molecule has 1 unspecified atom stereocenters. The Morgan fingerprint density at radius 3 is 2.80 bits per heavy atom. The largest absolute Gasteiger partial charge is 0.504 e. The molecule has 164 valence electrons. The number of nitrogens with one attached hydrogen (secondary N) is 1. The van der Waals surface area contributed by atoms with Gasteiger partial charge in [-0.25, -0.2) is 0 Å². The lowest BCUT2D eigenvalue weighted by Gasteiger charge is -2.35. The highest BCUT2D eigenvalue weighted by molar-refractivity contribution is 14.0. The van der Waals surface area contributed by atoms with Gasteiger partial charge in [0.1, 0.15) is 6.10 Å². The lowest BCUT2D eigenvalue weighted by molar-refractivity contribution is -0.00832. The Morgan fingerprint density at radius 2 is 2.07 bits per heavy atom. The number of rotatable bonds is 6. The van der Waals surface area contributed by atoms with Crippen molar-refractivity contribution in [3.63, 3.8) is 0 Å². The van der Waals surface area contributed by atoms with E-state index in [1.165, 1.54) is 11.1 Å². The number of aliphatic imine (C=N–C) groups is 1. The maximum Gasteiger partial charge on any atom is 0.194 e. The molecule has 1 fully saturated rings. The highest BCUT2D eigenvalue weighted by Gasteiger charge is 2.25. The molecule has 1 heterocycles. The van der Waals surface area contributed by atoms with Gasteiger partial charge >= 0.3 is 0 Å². The van der Waals surface area contributed by atoms with Crippen LogP contribution < -0.4 is 10.1 Å². The van der Waals surface area contributed by atoms with Crippen molar-refractivity contribution in [1.82, 2.24) is 10.2 Å². The van der Waals surface area contributed by atoms with E-state index >= 15 is 0 Å². The fraction of sp³-hybridized carbons (Fsp3) is 0.435. The van der Waals surface area contributed by atoms with E-state index in [1.54, 1.807) is 13.2 Å². The Balaban J connectivity index is 0.00000320. The maximum atomic E-state index is 10.3. The summed E-state index contributed by atoms with van der Waals surface area (Å²) < 4.78 is 11.2. The SMILES string of the molecule is CCNC(=NCCc1cccc(OC)c1O)N1CCOC(c2ccccc2C)C1.I. The molecule has 3 rings (SSSR count). The predicted molar refractivity (Wildman–Crippen MR) is 131 cm³/mol. The maximum absolute atomic E-state index is 10.3. The van der Waals surface area contributed by atoms with E-state index in [4.69, 9.17) is 14.5 Å². The van der Waals surface area contributed by atoms with Crippen molar-refractivity contribution in [3.05, 3.63) is 59.2 Å². The summed E-state index contributed by atoms with van der Waals surface area (Å²) in [5.74, 6) is 1.57. The van der Waals surface area contributed by atoms with Crippen molar-refractivity contribution in [3.8, 4) is 11.5 Å². The fourth-order valence-corrected chi connectivity index (χ4v) is 3.62. The van der Waals surface area contributed by atoms with Crippen molar-refractivity contribution in [2.45, 2.75) is 26.4 Å². The minimum atomic E-state index is 0. The highest BCUT2D eigenvalue weighted by Crippen LogP contribution is 2.29. The van der Waals surface area contributed by atoms with Gasteiger partial charge in [-0.05, 0) is 43.0 Å². The van der Waals surface area contributed by atoms with Crippen molar-refractivity contribution < 1.29 is 14.6 Å². The molecule has 1 atom stereocenters. The summed E-state index contributed by atoms with van der Waals surface area (Å²) in [7, 11) is 1.56. The molecule has 0 bridgehead atoms. The van der Waals surface area contributed by atoms with Crippen LogP contribution in [0.15, 0.2) is 47.5 Å². The van der Waals surface area contributed by atoms with Gasteiger partial charge in [0.05, 0.1) is 20.3 Å². The number of halogens is 1. The molecule has 2 aromatic carbocycles. The van der Waals surface area contributed by atoms with E-state index in [-0.39, 0.29) is 35.8 Å². The Labute approximate surface area is 196 Å². The molecule has 0 aromatic heterocycles. The first-order chi connectivity index (χ1) is 14.1. The average molecular weight is 525 g/mol. The van der Waals surface area contributed by atoms with Gasteiger partial charge in [-0.1, -0.05) is 36.4 Å². The van der Waals surface area contributed by atoms with Crippen LogP contribution >= 0.6 is 24.0 Å². The Hall–Kier alpha value is -2.00. The molecule has 6 nitrogen and oxygen atoms in total. The first kappa shape index (κ1) is 24.3. The zero-order valence-corrected chi connectivity index (χ0v) is 20.3. The number of phenols is 1. The van der Waals surface area contributed by atoms with Crippen LogP contribution in [0.1, 0.15) is 29.7 Å². The van der Waals surface area contributed by atoms with Crippen LogP contribution in [0.4, 0.5) is 0 Å². The molecular weight excluding hydrogens is 493 g/mol. The molecule has 1 saturated heterocycles. The van der Waals surface area contributed by atoms with Gasteiger partial charge in [0.2, 0.25) is 0 Å². The first-order valence-electron chi connectivity index (χ1n) is 10.2. The van der Waals surface area contributed by atoms with E-state index in [0.29, 0.717) is 25.3 Å². The molecular formula is C23H32IN3O3. The summed E-state index contributed by atoms with van der Waals surface area (Å²) in [5, 5.41) is 13.7.